The normalized spacial score (nSPS) is 13.7. The van der Waals surface area contributed by atoms with Crippen LogP contribution in [0.3, 0.4) is 0 Å². The number of rotatable bonds is 15. The molecule has 3 rings (SSSR count). The largest absolute Gasteiger partial charge is 0.380 e. The van der Waals surface area contributed by atoms with E-state index >= 15 is 0 Å². The van der Waals surface area contributed by atoms with E-state index < -0.39 is 5.41 Å². The molecule has 0 atom stereocenters. The maximum Gasteiger partial charge on any atom is 0.150 e. The Bertz CT molecular complexity index is 777. The summed E-state index contributed by atoms with van der Waals surface area (Å²) in [6, 6.07) is 16.9. The Labute approximate surface area is 189 Å². The third-order valence-electron chi connectivity index (χ3n) is 6.76. The van der Waals surface area contributed by atoms with Crippen LogP contribution < -0.4 is 0 Å². The highest BCUT2D eigenvalue weighted by atomic mass is 16.5. The number of unbranched alkanes of at least 4 members (excludes halogenated alkanes) is 8. The van der Waals surface area contributed by atoms with Crippen LogP contribution in [0.4, 0.5) is 0 Å². The molecule has 0 saturated carbocycles. The van der Waals surface area contributed by atoms with Gasteiger partial charge in [-0.1, -0.05) is 114 Å². The molecule has 2 nitrogen and oxygen atoms in total. The summed E-state index contributed by atoms with van der Waals surface area (Å²) in [4.78, 5) is 13.9. The van der Waals surface area contributed by atoms with Crippen LogP contribution in [-0.4, -0.2) is 19.0 Å². The van der Waals surface area contributed by atoms with Crippen molar-refractivity contribution in [3.8, 4) is 11.1 Å². The van der Waals surface area contributed by atoms with Crippen LogP contribution in [0.25, 0.3) is 11.1 Å². The average molecular weight is 421 g/mol. The number of hydrogen-bond donors (Lipinski definition) is 0. The summed E-state index contributed by atoms with van der Waals surface area (Å²) < 4.78 is 6.21. The van der Waals surface area contributed by atoms with Gasteiger partial charge in [0.05, 0.1) is 6.61 Å². The van der Waals surface area contributed by atoms with Crippen LogP contribution in [0.15, 0.2) is 48.5 Å². The van der Waals surface area contributed by atoms with E-state index in [0.29, 0.717) is 18.8 Å². The molecule has 0 heterocycles. The van der Waals surface area contributed by atoms with Crippen molar-refractivity contribution in [1.82, 2.24) is 0 Å². The number of carbonyl (C=O) groups is 1. The van der Waals surface area contributed by atoms with E-state index in [0.717, 1.165) is 37.0 Å². The zero-order valence-electron chi connectivity index (χ0n) is 19.6. The number of ketones is 1. The van der Waals surface area contributed by atoms with Gasteiger partial charge in [-0.2, -0.15) is 0 Å². The fourth-order valence-corrected chi connectivity index (χ4v) is 5.00. The molecule has 0 fully saturated rings. The topological polar surface area (TPSA) is 26.3 Å². The number of ether oxygens (including phenoxy) is 1. The van der Waals surface area contributed by atoms with Gasteiger partial charge < -0.3 is 4.74 Å². The van der Waals surface area contributed by atoms with Crippen LogP contribution in [0.1, 0.15) is 95.6 Å². The first-order valence-corrected chi connectivity index (χ1v) is 12.6. The summed E-state index contributed by atoms with van der Waals surface area (Å²) in [6.07, 6.45) is 12.6. The second-order valence-electron chi connectivity index (χ2n) is 9.05. The fraction of sp³-hybridized carbons (Fsp3) is 0.552. The molecule has 0 spiro atoms. The van der Waals surface area contributed by atoms with E-state index in [1.165, 1.54) is 56.1 Å². The molecule has 0 aliphatic heterocycles. The Morgan fingerprint density at radius 1 is 0.710 bits per heavy atom. The predicted molar refractivity (Wildman–Crippen MR) is 131 cm³/mol. The molecule has 0 unspecified atom stereocenters. The van der Waals surface area contributed by atoms with E-state index in [-0.39, 0.29) is 0 Å². The molecular weight excluding hydrogens is 380 g/mol. The van der Waals surface area contributed by atoms with E-state index in [2.05, 4.69) is 62.4 Å². The number of carbonyl (C=O) groups excluding carboxylic acids is 1. The van der Waals surface area contributed by atoms with Gasteiger partial charge in [0.25, 0.3) is 0 Å². The summed E-state index contributed by atoms with van der Waals surface area (Å²) in [5.74, 6) is 0.328. The molecule has 168 valence electrons. The van der Waals surface area contributed by atoms with Gasteiger partial charge >= 0.3 is 0 Å². The van der Waals surface area contributed by atoms with Crippen LogP contribution in [0, 0.1) is 0 Å². The third kappa shape index (κ3) is 5.47. The molecule has 2 heteroatoms. The molecule has 0 radical (unpaired) electrons. The van der Waals surface area contributed by atoms with Gasteiger partial charge in [0, 0.05) is 13.0 Å². The lowest BCUT2D eigenvalue weighted by Gasteiger charge is -2.30. The second-order valence-corrected chi connectivity index (χ2v) is 9.05. The van der Waals surface area contributed by atoms with Gasteiger partial charge in [0.1, 0.15) is 11.2 Å². The Morgan fingerprint density at radius 2 is 1.23 bits per heavy atom. The molecule has 0 aromatic heterocycles. The Hall–Kier alpha value is -1.93. The van der Waals surface area contributed by atoms with Crippen molar-refractivity contribution in [1.29, 1.82) is 0 Å². The smallest absolute Gasteiger partial charge is 0.150 e. The lowest BCUT2D eigenvalue weighted by atomic mass is 9.73. The summed E-state index contributed by atoms with van der Waals surface area (Å²) in [5, 5.41) is 0. The van der Waals surface area contributed by atoms with Gasteiger partial charge in [0.15, 0.2) is 0 Å². The lowest BCUT2D eigenvalue weighted by Crippen LogP contribution is -2.40. The van der Waals surface area contributed by atoms with E-state index in [1.807, 2.05) is 0 Å². The molecule has 1 aliphatic rings. The minimum Gasteiger partial charge on any atom is -0.380 e. The Balaban J connectivity index is 1.77. The van der Waals surface area contributed by atoms with Crippen LogP contribution in [-0.2, 0) is 14.9 Å². The molecule has 0 saturated heterocycles. The summed E-state index contributed by atoms with van der Waals surface area (Å²) in [6.45, 7) is 5.64. The molecule has 0 bridgehead atoms. The standard InChI is InChI=1S/C29H40O2/c1-3-5-7-8-9-10-11-21-28(30)29(23-31-22-16-6-4-2)26-19-14-12-17-24(26)25-18-13-15-20-27(25)29/h12-15,17-20H,3-11,16,21-23H2,1-2H3. The molecule has 0 amide bonds. The quantitative estimate of drug-likeness (QED) is 0.274. The van der Waals surface area contributed by atoms with Crippen molar-refractivity contribution in [2.75, 3.05) is 13.2 Å². The van der Waals surface area contributed by atoms with Crippen molar-refractivity contribution in [3.63, 3.8) is 0 Å². The molecule has 2 aromatic rings. The lowest BCUT2D eigenvalue weighted by molar-refractivity contribution is -0.125. The Morgan fingerprint density at radius 3 is 1.84 bits per heavy atom. The van der Waals surface area contributed by atoms with Crippen molar-refractivity contribution < 1.29 is 9.53 Å². The Kier molecular flexibility index (Phi) is 9.33. The van der Waals surface area contributed by atoms with Crippen molar-refractivity contribution >= 4 is 5.78 Å². The molecule has 2 aromatic carbocycles. The third-order valence-corrected chi connectivity index (χ3v) is 6.76. The minimum atomic E-state index is -0.651. The number of fused-ring (bicyclic) bond motifs is 3. The molecule has 0 N–H and O–H groups in total. The molecular formula is C29H40O2. The minimum absolute atomic E-state index is 0.328. The van der Waals surface area contributed by atoms with Crippen LogP contribution >= 0.6 is 0 Å². The van der Waals surface area contributed by atoms with E-state index in [9.17, 15) is 4.79 Å². The monoisotopic (exact) mass is 420 g/mol. The van der Waals surface area contributed by atoms with Gasteiger partial charge in [-0.15, -0.1) is 0 Å². The maximum absolute atomic E-state index is 13.9. The summed E-state index contributed by atoms with van der Waals surface area (Å²) in [7, 11) is 0. The van der Waals surface area contributed by atoms with Gasteiger partial charge in [-0.25, -0.2) is 0 Å². The zero-order chi connectivity index (χ0) is 21.9. The maximum atomic E-state index is 13.9. The number of Topliss-reactive ketones (excluding diaryl/α,β-unsaturated/α-hetero) is 1. The highest BCUT2D eigenvalue weighted by Gasteiger charge is 2.48. The predicted octanol–water partition coefficient (Wildman–Crippen LogP) is 7.87. The highest BCUT2D eigenvalue weighted by Crippen LogP contribution is 2.50. The zero-order valence-corrected chi connectivity index (χ0v) is 19.6. The molecule has 1 aliphatic carbocycles. The molecule has 31 heavy (non-hydrogen) atoms. The summed E-state index contributed by atoms with van der Waals surface area (Å²) >= 11 is 0. The fourth-order valence-electron chi connectivity index (χ4n) is 5.00. The number of hydrogen-bond acceptors (Lipinski definition) is 2. The van der Waals surface area contributed by atoms with Crippen LogP contribution in [0.2, 0.25) is 0 Å². The average Bonchev–Trinajstić information content (AvgIpc) is 3.09. The van der Waals surface area contributed by atoms with Gasteiger partial charge in [0.2, 0.25) is 0 Å². The van der Waals surface area contributed by atoms with Gasteiger partial charge in [-0.05, 0) is 35.1 Å². The first-order chi connectivity index (χ1) is 15.3. The second kappa shape index (κ2) is 12.2. The number of benzene rings is 2. The SMILES string of the molecule is CCCCCCCCCC(=O)C1(COCCCCC)c2ccccc2-c2ccccc21. The van der Waals surface area contributed by atoms with Crippen molar-refractivity contribution in [2.45, 2.75) is 89.9 Å². The van der Waals surface area contributed by atoms with E-state index in [4.69, 9.17) is 4.74 Å². The highest BCUT2D eigenvalue weighted by molar-refractivity contribution is 6.01. The van der Waals surface area contributed by atoms with Crippen molar-refractivity contribution in [2.24, 2.45) is 0 Å². The van der Waals surface area contributed by atoms with Crippen LogP contribution in [0.5, 0.6) is 0 Å². The first kappa shape index (κ1) is 23.7. The van der Waals surface area contributed by atoms with Gasteiger partial charge in [-0.3, -0.25) is 4.79 Å². The first-order valence-electron chi connectivity index (χ1n) is 12.6. The summed E-state index contributed by atoms with van der Waals surface area (Å²) in [5.41, 5.74) is 4.02. The van der Waals surface area contributed by atoms with Crippen molar-refractivity contribution in [3.05, 3.63) is 59.7 Å². The van der Waals surface area contributed by atoms with E-state index in [1.54, 1.807) is 0 Å².